The zero-order valence-electron chi connectivity index (χ0n) is 17.3. The summed E-state index contributed by atoms with van der Waals surface area (Å²) in [5.41, 5.74) is 2.10. The lowest BCUT2D eigenvalue weighted by atomic mass is 9.48. The van der Waals surface area contributed by atoms with E-state index in [1.807, 2.05) is 0 Å². The molecule has 0 bridgehead atoms. The van der Waals surface area contributed by atoms with Crippen LogP contribution in [0.4, 0.5) is 0 Å². The van der Waals surface area contributed by atoms with Gasteiger partial charge in [-0.3, -0.25) is 9.59 Å². The monoisotopic (exact) mass is 374 g/mol. The van der Waals surface area contributed by atoms with Crippen LogP contribution < -0.4 is 0 Å². The fourth-order valence-corrected chi connectivity index (χ4v) is 7.28. The van der Waals surface area contributed by atoms with Crippen LogP contribution in [0.25, 0.3) is 0 Å². The molecule has 7 atom stereocenters. The van der Waals surface area contributed by atoms with Crippen molar-refractivity contribution in [2.24, 2.45) is 28.6 Å². The van der Waals surface area contributed by atoms with Crippen LogP contribution in [0.3, 0.4) is 0 Å². The van der Waals surface area contributed by atoms with Gasteiger partial charge >= 0.3 is 11.9 Å². The summed E-state index contributed by atoms with van der Waals surface area (Å²) in [6.45, 7) is 7.93. The average Bonchev–Trinajstić information content (AvgIpc) is 2.90. The summed E-state index contributed by atoms with van der Waals surface area (Å²) in [5.74, 6) is 1.77. The fraction of sp³-hybridized carbons (Fsp3) is 0.826. The molecular formula is C23H34O4. The Morgan fingerprint density at radius 2 is 1.70 bits per heavy atom. The summed E-state index contributed by atoms with van der Waals surface area (Å²) >= 11 is 0. The Hall–Kier alpha value is -1.32. The minimum atomic E-state index is -0.159. The van der Waals surface area contributed by atoms with E-state index in [-0.39, 0.29) is 29.6 Å². The van der Waals surface area contributed by atoms with Crippen molar-refractivity contribution < 1.29 is 19.1 Å². The van der Waals surface area contributed by atoms with E-state index in [2.05, 4.69) is 19.9 Å². The molecule has 0 amide bonds. The zero-order chi connectivity index (χ0) is 19.4. The van der Waals surface area contributed by atoms with E-state index < -0.39 is 0 Å². The first-order valence-electron chi connectivity index (χ1n) is 10.8. The number of hydrogen-bond donors (Lipinski definition) is 0. The lowest BCUT2D eigenvalue weighted by Crippen LogP contribution is -2.49. The maximum atomic E-state index is 11.5. The molecule has 4 aliphatic rings. The number of carbonyl (C=O) groups is 2. The minimum Gasteiger partial charge on any atom is -0.463 e. The van der Waals surface area contributed by atoms with Gasteiger partial charge in [0.2, 0.25) is 0 Å². The molecule has 4 aliphatic carbocycles. The van der Waals surface area contributed by atoms with Crippen LogP contribution in [0.15, 0.2) is 11.6 Å². The number of fused-ring (bicyclic) bond motifs is 5. The molecular weight excluding hydrogens is 340 g/mol. The van der Waals surface area contributed by atoms with Gasteiger partial charge in [0.05, 0.1) is 0 Å². The van der Waals surface area contributed by atoms with Gasteiger partial charge in [-0.25, -0.2) is 0 Å². The fourth-order valence-electron chi connectivity index (χ4n) is 7.28. The lowest BCUT2D eigenvalue weighted by molar-refractivity contribution is -0.149. The Labute approximate surface area is 163 Å². The second-order valence-electron chi connectivity index (χ2n) is 10.1. The summed E-state index contributed by atoms with van der Waals surface area (Å²) in [7, 11) is 0. The molecule has 150 valence electrons. The van der Waals surface area contributed by atoms with E-state index in [1.54, 1.807) is 0 Å². The highest BCUT2D eigenvalue weighted by Gasteiger charge is 2.58. The van der Waals surface area contributed by atoms with Crippen molar-refractivity contribution in [3.05, 3.63) is 11.6 Å². The van der Waals surface area contributed by atoms with Crippen LogP contribution in [0, 0.1) is 28.6 Å². The molecule has 0 N–H and O–H groups in total. The second-order valence-corrected chi connectivity index (χ2v) is 10.1. The number of carbonyl (C=O) groups excluding carboxylic acids is 2. The molecule has 0 aromatic carbocycles. The van der Waals surface area contributed by atoms with Crippen LogP contribution >= 0.6 is 0 Å². The van der Waals surface area contributed by atoms with Crippen molar-refractivity contribution in [1.82, 2.24) is 0 Å². The maximum absolute atomic E-state index is 11.5. The number of hydrogen-bond acceptors (Lipinski definition) is 4. The van der Waals surface area contributed by atoms with Crippen LogP contribution in [0.5, 0.6) is 0 Å². The van der Waals surface area contributed by atoms with E-state index in [4.69, 9.17) is 9.47 Å². The summed E-state index contributed by atoms with van der Waals surface area (Å²) < 4.78 is 11.2. The second kappa shape index (κ2) is 6.63. The normalized spacial score (nSPS) is 45.8. The molecule has 4 heteroatoms. The SMILES string of the molecule is CC(=O)O[C@H]1CC[C@@]2(C)C(=CC[C@H]3[C@@H]4C[C@H](OC(C)=O)C[C@@]4(C)CC[C@@H]32)C1. The molecule has 0 aromatic heterocycles. The summed E-state index contributed by atoms with van der Waals surface area (Å²) in [6, 6.07) is 0. The molecule has 27 heavy (non-hydrogen) atoms. The Balaban J connectivity index is 1.54. The van der Waals surface area contributed by atoms with Crippen molar-refractivity contribution in [2.45, 2.75) is 91.3 Å². The molecule has 0 heterocycles. The Bertz CT molecular complexity index is 667. The molecule has 0 aliphatic heterocycles. The standard InChI is InChI=1S/C23H34O4/c1-14(24)26-17-7-10-23(4)16(11-17)5-6-19-20(23)8-9-22(3)13-18(12-21(19)22)27-15(2)25/h5,17-21H,6-13H2,1-4H3/t17-,18-,19+,20-,21-,22+,23-/m0/s1. The smallest absolute Gasteiger partial charge is 0.302 e. The first-order valence-corrected chi connectivity index (χ1v) is 10.8. The molecule has 0 radical (unpaired) electrons. The van der Waals surface area contributed by atoms with Gasteiger partial charge in [-0.05, 0) is 73.5 Å². The van der Waals surface area contributed by atoms with Crippen molar-refractivity contribution in [1.29, 1.82) is 0 Å². The minimum absolute atomic E-state index is 0.0621. The predicted molar refractivity (Wildman–Crippen MR) is 103 cm³/mol. The number of esters is 2. The highest BCUT2D eigenvalue weighted by atomic mass is 16.5. The lowest BCUT2D eigenvalue weighted by Gasteiger charge is -2.57. The molecule has 0 saturated heterocycles. The van der Waals surface area contributed by atoms with E-state index >= 15 is 0 Å². The third-order valence-corrected chi connectivity index (χ3v) is 8.45. The topological polar surface area (TPSA) is 52.6 Å². The van der Waals surface area contributed by atoms with Gasteiger partial charge in [0.15, 0.2) is 0 Å². The van der Waals surface area contributed by atoms with Gasteiger partial charge < -0.3 is 9.47 Å². The third kappa shape index (κ3) is 3.23. The molecule has 4 rings (SSSR count). The first-order chi connectivity index (χ1) is 12.7. The van der Waals surface area contributed by atoms with Crippen LogP contribution in [0.2, 0.25) is 0 Å². The molecule has 4 nitrogen and oxygen atoms in total. The highest BCUT2D eigenvalue weighted by Crippen LogP contribution is 2.65. The van der Waals surface area contributed by atoms with Gasteiger partial charge in [-0.15, -0.1) is 0 Å². The zero-order valence-corrected chi connectivity index (χ0v) is 17.3. The Kier molecular flexibility index (Phi) is 4.67. The van der Waals surface area contributed by atoms with Crippen molar-refractivity contribution in [2.75, 3.05) is 0 Å². The van der Waals surface area contributed by atoms with Gasteiger partial charge in [0.25, 0.3) is 0 Å². The Morgan fingerprint density at radius 1 is 1.00 bits per heavy atom. The van der Waals surface area contributed by atoms with E-state index in [9.17, 15) is 9.59 Å². The Morgan fingerprint density at radius 3 is 2.41 bits per heavy atom. The van der Waals surface area contributed by atoms with Crippen LogP contribution in [-0.4, -0.2) is 24.1 Å². The quantitative estimate of drug-likeness (QED) is 0.514. The van der Waals surface area contributed by atoms with E-state index in [0.29, 0.717) is 23.2 Å². The molecule has 3 saturated carbocycles. The van der Waals surface area contributed by atoms with Crippen molar-refractivity contribution >= 4 is 11.9 Å². The summed E-state index contributed by atoms with van der Waals surface area (Å²) in [4.78, 5) is 22.8. The third-order valence-electron chi connectivity index (χ3n) is 8.45. The van der Waals surface area contributed by atoms with E-state index in [1.165, 1.54) is 32.3 Å². The predicted octanol–water partition coefficient (Wildman–Crippen LogP) is 4.81. The molecule has 0 unspecified atom stereocenters. The van der Waals surface area contributed by atoms with Crippen molar-refractivity contribution in [3.63, 3.8) is 0 Å². The molecule has 3 fully saturated rings. The average molecular weight is 375 g/mol. The van der Waals surface area contributed by atoms with Gasteiger partial charge in [-0.1, -0.05) is 25.5 Å². The molecule has 0 aromatic rings. The maximum Gasteiger partial charge on any atom is 0.302 e. The van der Waals surface area contributed by atoms with Gasteiger partial charge in [0, 0.05) is 20.3 Å². The highest BCUT2D eigenvalue weighted by molar-refractivity contribution is 5.66. The largest absolute Gasteiger partial charge is 0.463 e. The van der Waals surface area contributed by atoms with Crippen molar-refractivity contribution in [3.8, 4) is 0 Å². The summed E-state index contributed by atoms with van der Waals surface area (Å²) in [6.07, 6.45) is 11.4. The molecule has 0 spiro atoms. The van der Waals surface area contributed by atoms with Crippen LogP contribution in [0.1, 0.15) is 79.1 Å². The number of rotatable bonds is 2. The van der Waals surface area contributed by atoms with Gasteiger partial charge in [0.1, 0.15) is 12.2 Å². The van der Waals surface area contributed by atoms with Crippen LogP contribution in [-0.2, 0) is 19.1 Å². The van der Waals surface area contributed by atoms with E-state index in [0.717, 1.165) is 38.5 Å². The summed E-state index contributed by atoms with van der Waals surface area (Å²) in [5, 5.41) is 0. The number of ether oxygens (including phenoxy) is 2. The van der Waals surface area contributed by atoms with Gasteiger partial charge in [-0.2, -0.15) is 0 Å². The number of allylic oxidation sites excluding steroid dienone is 1. The first kappa shape index (κ1) is 19.0.